The molecule has 0 unspecified atom stereocenters. The summed E-state index contributed by atoms with van der Waals surface area (Å²) in [6.45, 7) is 4.50. The Kier molecular flexibility index (Phi) is 6.56. The first-order chi connectivity index (χ1) is 14.0. The minimum Gasteiger partial charge on any atom is -0.435 e. The Labute approximate surface area is 173 Å². The van der Waals surface area contributed by atoms with Crippen molar-refractivity contribution in [3.63, 3.8) is 0 Å². The van der Waals surface area contributed by atoms with E-state index in [1.807, 2.05) is 25.7 Å². The second-order valence-corrected chi connectivity index (χ2v) is 8.80. The van der Waals surface area contributed by atoms with Crippen LogP contribution in [0.4, 0.5) is 18.9 Å². The van der Waals surface area contributed by atoms with Crippen LogP contribution in [0.15, 0.2) is 18.2 Å². The molecule has 1 aromatic carbocycles. The van der Waals surface area contributed by atoms with Gasteiger partial charge in [-0.2, -0.15) is 8.78 Å². The van der Waals surface area contributed by atoms with Crippen molar-refractivity contribution in [2.75, 3.05) is 31.5 Å². The van der Waals surface area contributed by atoms with Gasteiger partial charge in [0.25, 0.3) is 0 Å². The van der Waals surface area contributed by atoms with Gasteiger partial charge in [-0.05, 0) is 33.3 Å². The van der Waals surface area contributed by atoms with Gasteiger partial charge in [0, 0.05) is 48.5 Å². The summed E-state index contributed by atoms with van der Waals surface area (Å²) in [6, 6.07) is 3.38. The molecule has 2 saturated heterocycles. The first kappa shape index (κ1) is 22.4. The number of hydrogen-bond acceptors (Lipinski definition) is 5. The van der Waals surface area contributed by atoms with E-state index in [-0.39, 0.29) is 47.4 Å². The van der Waals surface area contributed by atoms with E-state index in [9.17, 15) is 22.8 Å². The van der Waals surface area contributed by atoms with Crippen molar-refractivity contribution in [3.05, 3.63) is 24.0 Å². The Hall–Kier alpha value is -2.33. The molecule has 30 heavy (non-hydrogen) atoms. The molecule has 0 radical (unpaired) electrons. The highest BCUT2D eigenvalue weighted by Gasteiger charge is 2.44. The molecule has 0 aromatic heterocycles. The zero-order chi connectivity index (χ0) is 22.1. The number of rotatable bonds is 7. The van der Waals surface area contributed by atoms with E-state index >= 15 is 0 Å². The Balaban J connectivity index is 1.49. The lowest BCUT2D eigenvalue weighted by Gasteiger charge is -2.34. The van der Waals surface area contributed by atoms with E-state index in [4.69, 9.17) is 0 Å². The molecule has 3 rings (SSSR count). The lowest BCUT2D eigenvalue weighted by Crippen LogP contribution is -2.52. The van der Waals surface area contributed by atoms with Gasteiger partial charge in [-0.15, -0.1) is 0 Å². The maximum atomic E-state index is 13.6. The zero-order valence-corrected chi connectivity index (χ0v) is 17.3. The highest BCUT2D eigenvalue weighted by Crippen LogP contribution is 2.30. The highest BCUT2D eigenvalue weighted by atomic mass is 19.3. The van der Waals surface area contributed by atoms with E-state index in [1.54, 1.807) is 0 Å². The van der Waals surface area contributed by atoms with Gasteiger partial charge in [-0.3, -0.25) is 19.4 Å². The van der Waals surface area contributed by atoms with Crippen LogP contribution in [0.1, 0.15) is 27.2 Å². The normalized spacial score (nSPS) is 21.8. The Morgan fingerprint density at radius 2 is 1.70 bits per heavy atom. The topological polar surface area (TPSA) is 73.9 Å². The molecule has 0 aliphatic carbocycles. The molecule has 10 heteroatoms. The smallest absolute Gasteiger partial charge is 0.387 e. The summed E-state index contributed by atoms with van der Waals surface area (Å²) in [5.41, 5.74) is -0.225. The van der Waals surface area contributed by atoms with Crippen LogP contribution in [-0.4, -0.2) is 72.0 Å². The zero-order valence-electron chi connectivity index (χ0n) is 17.3. The lowest BCUT2D eigenvalue weighted by molar-refractivity contribution is -0.124. The molecule has 166 valence electrons. The molecule has 2 heterocycles. The minimum atomic E-state index is -3.08. The number of nitrogens with one attached hydrogen (secondary N) is 2. The Bertz CT molecular complexity index is 800. The second-order valence-electron chi connectivity index (χ2n) is 8.80. The lowest BCUT2D eigenvalue weighted by atomic mass is 10.1. The number of nitrogens with zero attached hydrogens (tertiary/aromatic N) is 2. The fourth-order valence-corrected chi connectivity index (χ4v) is 4.05. The van der Waals surface area contributed by atoms with Crippen LogP contribution in [0.5, 0.6) is 5.75 Å². The Morgan fingerprint density at radius 3 is 2.23 bits per heavy atom. The van der Waals surface area contributed by atoms with Crippen molar-refractivity contribution < 1.29 is 27.5 Å². The van der Waals surface area contributed by atoms with Crippen molar-refractivity contribution in [1.29, 1.82) is 0 Å². The van der Waals surface area contributed by atoms with Gasteiger partial charge in [0.05, 0.1) is 13.1 Å². The molecule has 2 bridgehead atoms. The van der Waals surface area contributed by atoms with E-state index in [0.717, 1.165) is 24.6 Å². The minimum absolute atomic E-state index is 0.0210. The number of alkyl halides is 2. The molecule has 2 fully saturated rings. The van der Waals surface area contributed by atoms with Crippen LogP contribution in [0.2, 0.25) is 0 Å². The summed E-state index contributed by atoms with van der Waals surface area (Å²) in [5, 5.41) is 5.48. The third-order valence-corrected chi connectivity index (χ3v) is 5.06. The van der Waals surface area contributed by atoms with E-state index < -0.39 is 12.4 Å². The van der Waals surface area contributed by atoms with Crippen LogP contribution < -0.4 is 15.4 Å². The van der Waals surface area contributed by atoms with Gasteiger partial charge < -0.3 is 15.4 Å². The third-order valence-electron chi connectivity index (χ3n) is 5.06. The van der Waals surface area contributed by atoms with E-state index in [1.165, 1.54) is 0 Å². The van der Waals surface area contributed by atoms with Gasteiger partial charge in [0.2, 0.25) is 11.8 Å². The van der Waals surface area contributed by atoms with Crippen LogP contribution in [-0.2, 0) is 9.59 Å². The van der Waals surface area contributed by atoms with Gasteiger partial charge in [0.15, 0.2) is 0 Å². The van der Waals surface area contributed by atoms with Gasteiger partial charge >= 0.3 is 6.61 Å². The SMILES string of the molecule is CC(C)(C)NC(=O)CN1C[C@@H]2C[C@H]1CN2CC(=O)Nc1cc(F)cc(OC(F)F)c1. The van der Waals surface area contributed by atoms with Gasteiger partial charge in [0.1, 0.15) is 11.6 Å². The number of ether oxygens (including phenoxy) is 1. The molecule has 2 amide bonds. The summed E-state index contributed by atoms with van der Waals surface area (Å²) in [7, 11) is 0. The number of benzene rings is 1. The maximum Gasteiger partial charge on any atom is 0.387 e. The van der Waals surface area contributed by atoms with Crippen LogP contribution in [0.3, 0.4) is 0 Å². The molecule has 2 aliphatic heterocycles. The number of fused-ring (bicyclic) bond motifs is 2. The van der Waals surface area contributed by atoms with E-state index in [2.05, 4.69) is 20.3 Å². The van der Waals surface area contributed by atoms with Crippen LogP contribution in [0.25, 0.3) is 0 Å². The van der Waals surface area contributed by atoms with Crippen LogP contribution in [0, 0.1) is 5.82 Å². The van der Waals surface area contributed by atoms with Gasteiger partial charge in [-0.1, -0.05) is 0 Å². The number of hydrogen-bond donors (Lipinski definition) is 2. The molecule has 2 N–H and O–H groups in total. The van der Waals surface area contributed by atoms with Crippen molar-refractivity contribution in [3.8, 4) is 5.75 Å². The number of anilines is 1. The number of likely N-dealkylation sites (tertiary alicyclic amines) is 2. The maximum absolute atomic E-state index is 13.6. The van der Waals surface area contributed by atoms with Crippen molar-refractivity contribution in [2.45, 2.75) is 51.4 Å². The number of carbonyl (C=O) groups is 2. The first-order valence-corrected chi connectivity index (χ1v) is 9.83. The fourth-order valence-electron chi connectivity index (χ4n) is 4.05. The summed E-state index contributed by atoms with van der Waals surface area (Å²) in [6.07, 6.45) is 0.877. The molecular weight excluding hydrogens is 401 g/mol. The standard InChI is InChI=1S/C20H27F3N4O3/c1-20(2,3)25-18(29)11-27-9-14-7-15(27)8-26(14)10-17(28)24-13-4-12(21)5-16(6-13)30-19(22)23/h4-6,14-15,19H,7-11H2,1-3H3,(H,24,28)(H,25,29)/t14-,15-/m0/s1. The molecule has 0 saturated carbocycles. The summed E-state index contributed by atoms with van der Waals surface area (Å²) in [4.78, 5) is 28.7. The van der Waals surface area contributed by atoms with Crippen molar-refractivity contribution >= 4 is 17.5 Å². The summed E-state index contributed by atoms with van der Waals surface area (Å²) in [5.74, 6) is -1.53. The molecule has 7 nitrogen and oxygen atoms in total. The predicted octanol–water partition coefficient (Wildman–Crippen LogP) is 2.04. The van der Waals surface area contributed by atoms with Crippen molar-refractivity contribution in [2.24, 2.45) is 0 Å². The number of amides is 2. The van der Waals surface area contributed by atoms with Gasteiger partial charge in [-0.25, -0.2) is 4.39 Å². The van der Waals surface area contributed by atoms with Crippen molar-refractivity contribution in [1.82, 2.24) is 15.1 Å². The fraction of sp³-hybridized carbons (Fsp3) is 0.600. The second kappa shape index (κ2) is 8.81. The summed E-state index contributed by atoms with van der Waals surface area (Å²) < 4.78 is 42.4. The van der Waals surface area contributed by atoms with E-state index in [0.29, 0.717) is 19.6 Å². The average Bonchev–Trinajstić information content (AvgIpc) is 3.11. The molecule has 1 aromatic rings. The average molecular weight is 428 g/mol. The molecule has 0 spiro atoms. The molecular formula is C20H27F3N4O3. The number of halogens is 3. The van der Waals surface area contributed by atoms with Crippen LogP contribution >= 0.6 is 0 Å². The largest absolute Gasteiger partial charge is 0.435 e. The first-order valence-electron chi connectivity index (χ1n) is 9.83. The quantitative estimate of drug-likeness (QED) is 0.696. The Morgan fingerprint density at radius 1 is 1.10 bits per heavy atom. The number of carbonyl (C=O) groups excluding carboxylic acids is 2. The molecule has 2 aliphatic rings. The number of piperazine rings is 1. The highest BCUT2D eigenvalue weighted by molar-refractivity contribution is 5.92. The monoisotopic (exact) mass is 428 g/mol. The summed E-state index contributed by atoms with van der Waals surface area (Å²) >= 11 is 0. The predicted molar refractivity (Wildman–Crippen MR) is 105 cm³/mol. The third kappa shape index (κ3) is 6.09. The molecule has 2 atom stereocenters.